The van der Waals surface area contributed by atoms with Crippen molar-refractivity contribution in [3.8, 4) is 11.5 Å². The fraction of sp³-hybridized carbons (Fsp3) is 0.0667. The second kappa shape index (κ2) is 6.41. The van der Waals surface area contributed by atoms with Crippen LogP contribution in [0.1, 0.15) is 5.89 Å². The molecule has 0 saturated carbocycles. The van der Waals surface area contributed by atoms with Gasteiger partial charge in [0, 0.05) is 14.5 Å². The summed E-state index contributed by atoms with van der Waals surface area (Å²) in [4.78, 5) is 0. The van der Waals surface area contributed by atoms with Gasteiger partial charge in [-0.3, -0.25) is 0 Å². The van der Waals surface area contributed by atoms with Crippen molar-refractivity contribution in [2.24, 2.45) is 0 Å². The molecule has 4 nitrogen and oxygen atoms in total. The van der Waals surface area contributed by atoms with E-state index in [0.717, 1.165) is 20.2 Å². The maximum atomic E-state index is 5.66. The zero-order valence-electron chi connectivity index (χ0n) is 10.9. The van der Waals surface area contributed by atoms with Gasteiger partial charge < -0.3 is 9.73 Å². The van der Waals surface area contributed by atoms with Crippen LogP contribution < -0.4 is 5.32 Å². The van der Waals surface area contributed by atoms with Crippen molar-refractivity contribution in [1.29, 1.82) is 0 Å². The van der Waals surface area contributed by atoms with Gasteiger partial charge in [-0.15, -0.1) is 10.2 Å². The van der Waals surface area contributed by atoms with Crippen LogP contribution in [0.2, 0.25) is 0 Å². The van der Waals surface area contributed by atoms with Crippen molar-refractivity contribution in [3.05, 3.63) is 63.4 Å². The van der Waals surface area contributed by atoms with E-state index in [2.05, 4.69) is 47.4 Å². The molecule has 0 bridgehead atoms. The van der Waals surface area contributed by atoms with Gasteiger partial charge in [0.05, 0.1) is 12.2 Å². The summed E-state index contributed by atoms with van der Waals surface area (Å²) in [6.07, 6.45) is 0. The van der Waals surface area contributed by atoms with Crippen LogP contribution in [0.4, 0.5) is 5.69 Å². The molecule has 0 spiro atoms. The zero-order valence-corrected chi connectivity index (χ0v) is 14.1. The van der Waals surface area contributed by atoms with Crippen LogP contribution in [0, 0.1) is 0 Å². The van der Waals surface area contributed by atoms with E-state index >= 15 is 0 Å². The van der Waals surface area contributed by atoms with Crippen LogP contribution in [0.3, 0.4) is 0 Å². The molecule has 6 heteroatoms. The van der Waals surface area contributed by atoms with E-state index < -0.39 is 0 Å². The van der Waals surface area contributed by atoms with Crippen molar-refractivity contribution >= 4 is 37.5 Å². The van der Waals surface area contributed by atoms with Crippen molar-refractivity contribution < 1.29 is 4.42 Å². The molecule has 0 unspecified atom stereocenters. The van der Waals surface area contributed by atoms with Crippen LogP contribution in [0.25, 0.3) is 11.5 Å². The molecule has 3 aromatic rings. The second-order valence-electron chi connectivity index (χ2n) is 4.32. The highest BCUT2D eigenvalue weighted by Gasteiger charge is 2.09. The molecule has 1 N–H and O–H groups in total. The Hall–Kier alpha value is -1.66. The van der Waals surface area contributed by atoms with Gasteiger partial charge in [0.25, 0.3) is 0 Å². The fourth-order valence-electron chi connectivity index (χ4n) is 1.85. The summed E-state index contributed by atoms with van der Waals surface area (Å²) < 4.78 is 7.60. The molecule has 106 valence electrons. The highest BCUT2D eigenvalue weighted by atomic mass is 79.9. The SMILES string of the molecule is Brc1cccc(Br)c1NCc1nnc(-c2ccccc2)o1. The summed E-state index contributed by atoms with van der Waals surface area (Å²) in [6.45, 7) is 0.459. The largest absolute Gasteiger partial charge is 0.419 e. The van der Waals surface area contributed by atoms with Crippen molar-refractivity contribution in [3.63, 3.8) is 0 Å². The Bertz CT molecular complexity index is 723. The highest BCUT2D eigenvalue weighted by Crippen LogP contribution is 2.30. The third-order valence-electron chi connectivity index (χ3n) is 2.87. The van der Waals surface area contributed by atoms with Gasteiger partial charge in [-0.05, 0) is 56.1 Å². The summed E-state index contributed by atoms with van der Waals surface area (Å²) in [7, 11) is 0. The van der Waals surface area contributed by atoms with E-state index in [4.69, 9.17) is 4.42 Å². The Labute approximate surface area is 138 Å². The molecule has 0 fully saturated rings. The minimum absolute atomic E-state index is 0.459. The van der Waals surface area contributed by atoms with Gasteiger partial charge in [0.2, 0.25) is 11.8 Å². The number of aromatic nitrogens is 2. The standard InChI is InChI=1S/C15H11Br2N3O/c16-11-7-4-8-12(17)14(11)18-9-13-19-20-15(21-13)10-5-2-1-3-6-10/h1-8,18H,9H2. The van der Waals surface area contributed by atoms with E-state index in [1.54, 1.807) is 0 Å². The maximum absolute atomic E-state index is 5.66. The number of rotatable bonds is 4. The van der Waals surface area contributed by atoms with Gasteiger partial charge in [-0.25, -0.2) is 0 Å². The summed E-state index contributed by atoms with van der Waals surface area (Å²) >= 11 is 7.01. The molecule has 21 heavy (non-hydrogen) atoms. The highest BCUT2D eigenvalue weighted by molar-refractivity contribution is 9.11. The molecule has 2 aromatic carbocycles. The Morgan fingerprint density at radius 1 is 0.905 bits per heavy atom. The average Bonchev–Trinajstić information content (AvgIpc) is 2.97. The van der Waals surface area contributed by atoms with Crippen LogP contribution in [0.15, 0.2) is 61.9 Å². The predicted octanol–water partition coefficient (Wildman–Crippen LogP) is 4.87. The molecule has 3 rings (SSSR count). The molecule has 0 amide bonds. The molecular formula is C15H11Br2N3O. The van der Waals surface area contributed by atoms with Crippen molar-refractivity contribution in [2.45, 2.75) is 6.54 Å². The minimum atomic E-state index is 0.459. The molecular weight excluding hydrogens is 398 g/mol. The lowest BCUT2D eigenvalue weighted by Gasteiger charge is -2.08. The van der Waals surface area contributed by atoms with E-state index in [-0.39, 0.29) is 0 Å². The molecule has 0 aliphatic rings. The van der Waals surface area contributed by atoms with Crippen molar-refractivity contribution in [1.82, 2.24) is 10.2 Å². The first-order valence-corrected chi connectivity index (χ1v) is 7.88. The monoisotopic (exact) mass is 407 g/mol. The fourth-order valence-corrected chi connectivity index (χ4v) is 3.13. The van der Waals surface area contributed by atoms with E-state index in [9.17, 15) is 0 Å². The zero-order chi connectivity index (χ0) is 14.7. The van der Waals surface area contributed by atoms with Gasteiger partial charge in [-0.2, -0.15) is 0 Å². The maximum Gasteiger partial charge on any atom is 0.247 e. The first kappa shape index (κ1) is 14.3. The molecule has 0 aliphatic carbocycles. The van der Waals surface area contributed by atoms with Crippen LogP contribution >= 0.6 is 31.9 Å². The summed E-state index contributed by atoms with van der Waals surface area (Å²) in [5.41, 5.74) is 1.87. The molecule has 1 heterocycles. The number of nitrogens with zero attached hydrogens (tertiary/aromatic N) is 2. The topological polar surface area (TPSA) is 51.0 Å². The lowest BCUT2D eigenvalue weighted by atomic mass is 10.2. The quantitative estimate of drug-likeness (QED) is 0.668. The van der Waals surface area contributed by atoms with E-state index in [0.29, 0.717) is 18.3 Å². The number of hydrogen-bond donors (Lipinski definition) is 1. The number of hydrogen-bond acceptors (Lipinski definition) is 4. The second-order valence-corrected chi connectivity index (χ2v) is 6.03. The number of benzene rings is 2. The number of para-hydroxylation sites is 1. The van der Waals surface area contributed by atoms with Crippen LogP contribution in [-0.2, 0) is 6.54 Å². The van der Waals surface area contributed by atoms with Crippen LogP contribution in [0.5, 0.6) is 0 Å². The summed E-state index contributed by atoms with van der Waals surface area (Å²) in [5.74, 6) is 1.06. The third kappa shape index (κ3) is 3.33. The van der Waals surface area contributed by atoms with Gasteiger partial charge in [-0.1, -0.05) is 24.3 Å². The Morgan fingerprint density at radius 3 is 2.33 bits per heavy atom. The smallest absolute Gasteiger partial charge is 0.247 e. The van der Waals surface area contributed by atoms with Gasteiger partial charge in [0.1, 0.15) is 0 Å². The molecule has 0 atom stereocenters. The molecule has 0 aliphatic heterocycles. The predicted molar refractivity (Wildman–Crippen MR) is 88.9 cm³/mol. The Morgan fingerprint density at radius 2 is 1.62 bits per heavy atom. The van der Waals surface area contributed by atoms with Gasteiger partial charge in [0.15, 0.2) is 0 Å². The number of nitrogens with one attached hydrogen (secondary N) is 1. The first-order chi connectivity index (χ1) is 10.2. The Kier molecular flexibility index (Phi) is 4.36. The third-order valence-corrected chi connectivity index (χ3v) is 4.19. The number of halogens is 2. The van der Waals surface area contributed by atoms with E-state index in [1.807, 2.05) is 48.5 Å². The normalized spacial score (nSPS) is 10.6. The number of anilines is 1. The van der Waals surface area contributed by atoms with Crippen molar-refractivity contribution in [2.75, 3.05) is 5.32 Å². The first-order valence-electron chi connectivity index (χ1n) is 6.30. The molecule has 1 aromatic heterocycles. The van der Waals surface area contributed by atoms with Crippen LogP contribution in [-0.4, -0.2) is 10.2 Å². The molecule has 0 saturated heterocycles. The van der Waals surface area contributed by atoms with Gasteiger partial charge >= 0.3 is 0 Å². The summed E-state index contributed by atoms with van der Waals surface area (Å²) in [5, 5.41) is 11.4. The van der Waals surface area contributed by atoms with E-state index in [1.165, 1.54) is 0 Å². The average molecular weight is 409 g/mol. The lowest BCUT2D eigenvalue weighted by molar-refractivity contribution is 0.515. The molecule has 0 radical (unpaired) electrons. The summed E-state index contributed by atoms with van der Waals surface area (Å²) in [6, 6.07) is 15.6. The minimum Gasteiger partial charge on any atom is -0.419 e. The Balaban J connectivity index is 1.74. The lowest BCUT2D eigenvalue weighted by Crippen LogP contribution is -2.01.